The van der Waals surface area contributed by atoms with Crippen molar-refractivity contribution in [3.8, 4) is 0 Å². The fraction of sp³-hybridized carbons (Fsp3) is 0.588. The first-order valence-electron chi connectivity index (χ1n) is 8.61. The molecule has 0 aliphatic heterocycles. The van der Waals surface area contributed by atoms with Gasteiger partial charge < -0.3 is 15.5 Å². The molecule has 0 aromatic carbocycles. The van der Waals surface area contributed by atoms with E-state index in [0.29, 0.717) is 11.5 Å². The van der Waals surface area contributed by atoms with Gasteiger partial charge in [-0.3, -0.25) is 4.79 Å². The second-order valence-electron chi connectivity index (χ2n) is 6.55. The molecule has 0 saturated heterocycles. The predicted molar refractivity (Wildman–Crippen MR) is 90.0 cm³/mol. The first-order chi connectivity index (χ1) is 11.6. The van der Waals surface area contributed by atoms with Crippen molar-refractivity contribution in [2.24, 2.45) is 10.8 Å². The minimum absolute atomic E-state index is 0.156. The summed E-state index contributed by atoms with van der Waals surface area (Å²) in [7, 11) is 0. The van der Waals surface area contributed by atoms with Crippen LogP contribution in [0, 0.1) is 6.92 Å². The molecule has 0 radical (unpaired) electrons. The standard InChI is InChI=1S/C17H24N4O3/c1-10-14-12(20-21-17(18)23)8-5-9-13(14)24-15(10)16(22)19-11-6-3-2-4-7-11/h11H,2-9H2,1H3,(H,19,22)(H3,18,21,23)/b20-12+. The Morgan fingerprint density at radius 3 is 2.62 bits per heavy atom. The van der Waals surface area contributed by atoms with Crippen LogP contribution in [-0.4, -0.2) is 23.7 Å². The van der Waals surface area contributed by atoms with Gasteiger partial charge in [0.05, 0.1) is 5.71 Å². The number of rotatable bonds is 3. The Balaban J connectivity index is 1.82. The Morgan fingerprint density at radius 2 is 1.92 bits per heavy atom. The molecule has 1 saturated carbocycles. The molecular weight excluding hydrogens is 308 g/mol. The van der Waals surface area contributed by atoms with Gasteiger partial charge in [-0.1, -0.05) is 19.3 Å². The Kier molecular flexibility index (Phi) is 4.87. The molecule has 3 amide bonds. The maximum absolute atomic E-state index is 12.6. The minimum atomic E-state index is -0.703. The van der Waals surface area contributed by atoms with Crippen molar-refractivity contribution < 1.29 is 14.0 Å². The van der Waals surface area contributed by atoms with Gasteiger partial charge in [-0.15, -0.1) is 0 Å². The predicted octanol–water partition coefficient (Wildman–Crippen LogP) is 2.36. The second kappa shape index (κ2) is 7.07. The van der Waals surface area contributed by atoms with E-state index in [1.165, 1.54) is 6.42 Å². The maximum Gasteiger partial charge on any atom is 0.332 e. The lowest BCUT2D eigenvalue weighted by Crippen LogP contribution is -2.36. The molecule has 2 aliphatic rings. The molecule has 1 fully saturated rings. The van der Waals surface area contributed by atoms with E-state index in [4.69, 9.17) is 10.2 Å². The fourth-order valence-electron chi connectivity index (χ4n) is 3.62. The van der Waals surface area contributed by atoms with Crippen molar-refractivity contribution in [3.05, 3.63) is 22.6 Å². The number of fused-ring (bicyclic) bond motifs is 1. The average molecular weight is 332 g/mol. The van der Waals surface area contributed by atoms with Crippen LogP contribution < -0.4 is 16.5 Å². The molecule has 130 valence electrons. The third-order valence-electron chi connectivity index (χ3n) is 4.77. The van der Waals surface area contributed by atoms with Gasteiger partial charge in [0.15, 0.2) is 5.76 Å². The second-order valence-corrected chi connectivity index (χ2v) is 6.55. The summed E-state index contributed by atoms with van der Waals surface area (Å²) in [5.74, 6) is 0.966. The third-order valence-corrected chi connectivity index (χ3v) is 4.77. The van der Waals surface area contributed by atoms with Crippen LogP contribution in [0.25, 0.3) is 0 Å². The lowest BCUT2D eigenvalue weighted by molar-refractivity contribution is 0.0896. The van der Waals surface area contributed by atoms with E-state index in [-0.39, 0.29) is 11.9 Å². The van der Waals surface area contributed by atoms with Crippen LogP contribution in [0.15, 0.2) is 9.52 Å². The molecule has 0 bridgehead atoms. The van der Waals surface area contributed by atoms with E-state index in [9.17, 15) is 9.59 Å². The van der Waals surface area contributed by atoms with Crippen LogP contribution in [0.2, 0.25) is 0 Å². The molecule has 24 heavy (non-hydrogen) atoms. The average Bonchev–Trinajstić information content (AvgIpc) is 2.91. The van der Waals surface area contributed by atoms with Gasteiger partial charge in [0.25, 0.3) is 5.91 Å². The minimum Gasteiger partial charge on any atom is -0.455 e. The van der Waals surface area contributed by atoms with Crippen molar-refractivity contribution in [1.82, 2.24) is 10.7 Å². The van der Waals surface area contributed by atoms with Gasteiger partial charge in [0.2, 0.25) is 0 Å². The smallest absolute Gasteiger partial charge is 0.332 e. The summed E-state index contributed by atoms with van der Waals surface area (Å²) in [5.41, 5.74) is 9.69. The Morgan fingerprint density at radius 1 is 1.17 bits per heavy atom. The molecule has 3 rings (SSSR count). The molecule has 1 heterocycles. The van der Waals surface area contributed by atoms with E-state index in [0.717, 1.165) is 61.8 Å². The summed E-state index contributed by atoms with van der Waals surface area (Å²) in [6, 6.07) is -0.469. The summed E-state index contributed by atoms with van der Waals surface area (Å²) in [6.07, 6.45) is 7.97. The van der Waals surface area contributed by atoms with E-state index in [1.54, 1.807) is 0 Å². The van der Waals surface area contributed by atoms with Crippen LogP contribution in [0.5, 0.6) is 0 Å². The quantitative estimate of drug-likeness (QED) is 0.739. The topological polar surface area (TPSA) is 110 Å². The number of nitrogens with zero attached hydrogens (tertiary/aromatic N) is 1. The monoisotopic (exact) mass is 332 g/mol. The molecule has 7 heteroatoms. The van der Waals surface area contributed by atoms with E-state index < -0.39 is 6.03 Å². The summed E-state index contributed by atoms with van der Waals surface area (Å²) in [4.78, 5) is 23.5. The lowest BCUT2D eigenvalue weighted by atomic mass is 9.93. The summed E-state index contributed by atoms with van der Waals surface area (Å²) >= 11 is 0. The Hall–Kier alpha value is -2.31. The number of hydrogen-bond acceptors (Lipinski definition) is 4. The molecule has 0 atom stereocenters. The van der Waals surface area contributed by atoms with Crippen molar-refractivity contribution in [2.75, 3.05) is 0 Å². The zero-order valence-electron chi connectivity index (χ0n) is 14.0. The zero-order chi connectivity index (χ0) is 17.1. The molecule has 0 spiro atoms. The van der Waals surface area contributed by atoms with Crippen LogP contribution in [0.3, 0.4) is 0 Å². The highest BCUT2D eigenvalue weighted by atomic mass is 16.4. The van der Waals surface area contributed by atoms with Gasteiger partial charge in [-0.25, -0.2) is 10.2 Å². The van der Waals surface area contributed by atoms with Crippen LogP contribution in [0.4, 0.5) is 4.79 Å². The number of primary amides is 1. The molecule has 4 N–H and O–H groups in total. The highest BCUT2D eigenvalue weighted by molar-refractivity contribution is 6.06. The van der Waals surface area contributed by atoms with E-state index in [1.807, 2.05) is 6.92 Å². The lowest BCUT2D eigenvalue weighted by Gasteiger charge is -2.22. The summed E-state index contributed by atoms with van der Waals surface area (Å²) in [6.45, 7) is 1.86. The van der Waals surface area contributed by atoms with Crippen molar-refractivity contribution in [3.63, 3.8) is 0 Å². The SMILES string of the molecule is Cc1c(C(=O)NC2CCCCC2)oc2c1/C(=N/NC(N)=O)CCC2. The molecular formula is C17H24N4O3. The number of aryl methyl sites for hydroxylation is 1. The number of carbonyl (C=O) groups excluding carboxylic acids is 2. The third kappa shape index (κ3) is 3.44. The van der Waals surface area contributed by atoms with Gasteiger partial charge in [-0.05, 0) is 32.6 Å². The van der Waals surface area contributed by atoms with Crippen molar-refractivity contribution in [1.29, 1.82) is 0 Å². The number of hydrogen-bond donors (Lipinski definition) is 3. The van der Waals surface area contributed by atoms with Crippen LogP contribution in [-0.2, 0) is 6.42 Å². The summed E-state index contributed by atoms with van der Waals surface area (Å²) in [5, 5.41) is 7.16. The first kappa shape index (κ1) is 16.5. The number of nitrogens with one attached hydrogen (secondary N) is 2. The van der Waals surface area contributed by atoms with Crippen molar-refractivity contribution >= 4 is 17.6 Å². The number of carbonyl (C=O) groups is 2. The highest BCUT2D eigenvalue weighted by Crippen LogP contribution is 2.30. The zero-order valence-corrected chi connectivity index (χ0v) is 14.0. The van der Waals surface area contributed by atoms with Crippen molar-refractivity contribution in [2.45, 2.75) is 64.3 Å². The Bertz CT molecular complexity index is 672. The van der Waals surface area contributed by atoms with Gasteiger partial charge >= 0.3 is 6.03 Å². The van der Waals surface area contributed by atoms with Gasteiger partial charge in [0, 0.05) is 23.6 Å². The van der Waals surface area contributed by atoms with Gasteiger partial charge in [-0.2, -0.15) is 5.10 Å². The van der Waals surface area contributed by atoms with E-state index in [2.05, 4.69) is 15.8 Å². The number of furan rings is 1. The van der Waals surface area contributed by atoms with Gasteiger partial charge in [0.1, 0.15) is 5.76 Å². The van der Waals surface area contributed by atoms with E-state index >= 15 is 0 Å². The van der Waals surface area contributed by atoms with Crippen LogP contribution in [0.1, 0.15) is 72.4 Å². The highest BCUT2D eigenvalue weighted by Gasteiger charge is 2.29. The molecule has 0 unspecified atom stereocenters. The molecule has 2 aliphatic carbocycles. The molecule has 1 aromatic heterocycles. The fourth-order valence-corrected chi connectivity index (χ4v) is 3.62. The summed E-state index contributed by atoms with van der Waals surface area (Å²) < 4.78 is 5.84. The maximum atomic E-state index is 12.6. The largest absolute Gasteiger partial charge is 0.455 e. The number of amides is 3. The Labute approximate surface area is 141 Å². The number of nitrogens with two attached hydrogens (primary N) is 1. The number of hydrazone groups is 1. The first-order valence-corrected chi connectivity index (χ1v) is 8.61. The molecule has 7 nitrogen and oxygen atoms in total. The molecule has 1 aromatic rings. The number of urea groups is 1. The van der Waals surface area contributed by atoms with Crippen LogP contribution >= 0.6 is 0 Å². The normalized spacial score (nSPS) is 19.8.